The largest absolute Gasteiger partial charge is 0.449 e. The molecule has 2 aromatic carbocycles. The van der Waals surface area contributed by atoms with Crippen LogP contribution in [0, 0.1) is 0 Å². The van der Waals surface area contributed by atoms with E-state index in [1.54, 1.807) is 62.4 Å². The monoisotopic (exact) mass is 516 g/mol. The number of ketones is 2. The van der Waals surface area contributed by atoms with Crippen molar-refractivity contribution in [3.63, 3.8) is 0 Å². The van der Waals surface area contributed by atoms with Crippen LogP contribution in [-0.4, -0.2) is 23.5 Å². The number of hydrogen-bond acceptors (Lipinski definition) is 6. The van der Waals surface area contributed by atoms with E-state index in [0.717, 1.165) is 25.7 Å². The minimum Gasteiger partial charge on any atom is -0.449 e. The average Bonchev–Trinajstić information content (AvgIpc) is 3.23. The van der Waals surface area contributed by atoms with Crippen molar-refractivity contribution in [3.8, 4) is 0 Å². The van der Waals surface area contributed by atoms with Crippen LogP contribution in [0.5, 0.6) is 0 Å². The van der Waals surface area contributed by atoms with Crippen LogP contribution in [0.25, 0.3) is 0 Å². The number of rotatable bonds is 10. The highest BCUT2D eigenvalue weighted by atomic mass is 16.6. The fourth-order valence-electron chi connectivity index (χ4n) is 5.68. The molecule has 6 nitrogen and oxygen atoms in total. The van der Waals surface area contributed by atoms with E-state index in [1.807, 2.05) is 0 Å². The van der Waals surface area contributed by atoms with Gasteiger partial charge in [0, 0.05) is 35.1 Å². The first-order valence-electron chi connectivity index (χ1n) is 13.7. The third-order valence-corrected chi connectivity index (χ3v) is 7.63. The normalized spacial score (nSPS) is 23.8. The summed E-state index contributed by atoms with van der Waals surface area (Å²) in [7, 11) is 0. The average molecular weight is 517 g/mol. The van der Waals surface area contributed by atoms with Crippen LogP contribution < -0.4 is 0 Å². The molecule has 0 amide bonds. The Morgan fingerprint density at radius 1 is 0.632 bits per heavy atom. The summed E-state index contributed by atoms with van der Waals surface area (Å²) in [6, 6.07) is 13.9. The van der Waals surface area contributed by atoms with Crippen LogP contribution in [0.15, 0.2) is 59.7 Å². The Morgan fingerprint density at radius 2 is 1.00 bits per heavy atom. The van der Waals surface area contributed by atoms with Gasteiger partial charge in [-0.05, 0) is 26.7 Å². The van der Waals surface area contributed by atoms with E-state index in [9.17, 15) is 19.2 Å². The maximum atomic E-state index is 14.0. The van der Waals surface area contributed by atoms with Crippen molar-refractivity contribution >= 4 is 23.5 Å². The third kappa shape index (κ3) is 4.72. The van der Waals surface area contributed by atoms with Crippen LogP contribution in [0.3, 0.4) is 0 Å². The molecule has 0 bridgehead atoms. The van der Waals surface area contributed by atoms with Crippen molar-refractivity contribution in [3.05, 3.63) is 81.9 Å². The first-order chi connectivity index (χ1) is 18.2. The highest BCUT2D eigenvalue weighted by Crippen LogP contribution is 2.53. The number of Topliss-reactive ketones (excluding diaryl/α,β-unsaturated/α-hetero) is 2. The number of hydrogen-bond donors (Lipinski definition) is 0. The Hall–Kier alpha value is -3.54. The molecule has 0 saturated carbocycles. The van der Waals surface area contributed by atoms with Gasteiger partial charge in [0.25, 0.3) is 0 Å². The maximum absolute atomic E-state index is 14.0. The summed E-state index contributed by atoms with van der Waals surface area (Å²) in [5.74, 6) is -1.67. The Kier molecular flexibility index (Phi) is 8.00. The van der Waals surface area contributed by atoms with Crippen LogP contribution in [-0.2, 0) is 30.3 Å². The van der Waals surface area contributed by atoms with Gasteiger partial charge in [-0.15, -0.1) is 0 Å². The van der Waals surface area contributed by atoms with Crippen molar-refractivity contribution in [1.29, 1.82) is 0 Å². The molecule has 2 aliphatic rings. The zero-order valence-corrected chi connectivity index (χ0v) is 22.7. The molecule has 0 aliphatic heterocycles. The number of fused-ring (bicyclic) bond motifs is 2. The summed E-state index contributed by atoms with van der Waals surface area (Å²) >= 11 is 0. The molecule has 0 spiro atoms. The van der Waals surface area contributed by atoms with Gasteiger partial charge in [-0.25, -0.2) is 0 Å². The topological polar surface area (TPSA) is 86.7 Å². The SMILES string of the molecule is CCCCCC(=O)O[C@@]1(C)/C(=C2\C(=O)c3ccccc3[C@]2(C)OC(=O)CCCCC)C(=O)c2ccccc21. The quantitative estimate of drug-likeness (QED) is 0.197. The van der Waals surface area contributed by atoms with E-state index >= 15 is 0 Å². The molecular formula is C32H36O6. The van der Waals surface area contributed by atoms with E-state index in [-0.39, 0.29) is 24.0 Å². The van der Waals surface area contributed by atoms with Crippen LogP contribution in [0.2, 0.25) is 0 Å². The molecule has 6 heteroatoms. The lowest BCUT2D eigenvalue weighted by Gasteiger charge is -2.33. The summed E-state index contributed by atoms with van der Waals surface area (Å²) in [5, 5.41) is 0. The van der Waals surface area contributed by atoms with E-state index in [4.69, 9.17) is 9.47 Å². The molecule has 0 unspecified atom stereocenters. The number of ether oxygens (including phenoxy) is 2. The number of esters is 2. The standard InChI is InChI=1S/C32H36O6/c1-5-7-9-19-25(33)37-31(3)23-17-13-11-15-21(23)29(35)27(31)28-30(36)22-16-12-14-18-24(22)32(28,4)38-26(34)20-10-8-6-2/h11-18H,5-10,19-20H2,1-4H3/b28-27+/t31-,32+. The van der Waals surface area contributed by atoms with E-state index < -0.39 is 34.7 Å². The molecule has 0 radical (unpaired) electrons. The number of benzene rings is 2. The second-order valence-electron chi connectivity index (χ2n) is 10.4. The summed E-state index contributed by atoms with van der Waals surface area (Å²) in [6.07, 6.45) is 5.44. The van der Waals surface area contributed by atoms with Gasteiger partial charge < -0.3 is 9.47 Å². The summed E-state index contributed by atoms with van der Waals surface area (Å²) in [6.45, 7) is 7.43. The molecular weight excluding hydrogens is 480 g/mol. The van der Waals surface area contributed by atoms with Gasteiger partial charge in [0.15, 0.2) is 22.8 Å². The number of unbranched alkanes of at least 4 members (excludes halogenated alkanes) is 4. The summed E-state index contributed by atoms with van der Waals surface area (Å²) < 4.78 is 12.2. The van der Waals surface area contributed by atoms with Gasteiger partial charge in [0.2, 0.25) is 0 Å². The molecule has 0 fully saturated rings. The summed E-state index contributed by atoms with van der Waals surface area (Å²) in [4.78, 5) is 54.0. The summed E-state index contributed by atoms with van der Waals surface area (Å²) in [5.41, 5.74) is -1.08. The van der Waals surface area contributed by atoms with Crippen LogP contribution >= 0.6 is 0 Å². The van der Waals surface area contributed by atoms with Crippen LogP contribution in [0.1, 0.15) is 111 Å². The maximum Gasteiger partial charge on any atom is 0.307 e. The lowest BCUT2D eigenvalue weighted by Crippen LogP contribution is -2.37. The van der Waals surface area contributed by atoms with Crippen molar-refractivity contribution < 1.29 is 28.7 Å². The van der Waals surface area contributed by atoms with Crippen molar-refractivity contribution in [1.82, 2.24) is 0 Å². The second-order valence-corrected chi connectivity index (χ2v) is 10.4. The zero-order chi connectivity index (χ0) is 27.5. The van der Waals surface area contributed by atoms with E-state index in [2.05, 4.69) is 13.8 Å². The molecule has 2 aliphatic carbocycles. The van der Waals surface area contributed by atoms with Crippen molar-refractivity contribution in [2.75, 3.05) is 0 Å². The molecule has 0 saturated heterocycles. The highest BCUT2D eigenvalue weighted by molar-refractivity contribution is 6.24. The van der Waals surface area contributed by atoms with Gasteiger partial charge in [-0.2, -0.15) is 0 Å². The first kappa shape index (κ1) is 27.5. The lowest BCUT2D eigenvalue weighted by molar-refractivity contribution is -0.158. The molecule has 0 N–H and O–H groups in total. The fraction of sp³-hybridized carbons (Fsp3) is 0.438. The smallest absolute Gasteiger partial charge is 0.307 e. The van der Waals surface area contributed by atoms with Gasteiger partial charge in [0.05, 0.1) is 11.1 Å². The van der Waals surface area contributed by atoms with E-state index in [1.165, 1.54) is 0 Å². The highest BCUT2D eigenvalue weighted by Gasteiger charge is 2.57. The van der Waals surface area contributed by atoms with E-state index in [0.29, 0.717) is 35.1 Å². The Morgan fingerprint density at radius 3 is 1.37 bits per heavy atom. The van der Waals surface area contributed by atoms with Gasteiger partial charge in [-0.1, -0.05) is 88.1 Å². The predicted octanol–water partition coefficient (Wildman–Crippen LogP) is 6.75. The Labute approximate surface area is 224 Å². The molecule has 2 aromatic rings. The molecule has 200 valence electrons. The first-order valence-corrected chi connectivity index (χ1v) is 13.7. The minimum absolute atomic E-state index is 0.0626. The van der Waals surface area contributed by atoms with Crippen LogP contribution in [0.4, 0.5) is 0 Å². The fourth-order valence-corrected chi connectivity index (χ4v) is 5.68. The molecule has 2 atom stereocenters. The predicted molar refractivity (Wildman–Crippen MR) is 144 cm³/mol. The third-order valence-electron chi connectivity index (χ3n) is 7.63. The second kappa shape index (κ2) is 11.1. The zero-order valence-electron chi connectivity index (χ0n) is 22.7. The minimum atomic E-state index is -1.50. The molecule has 0 aromatic heterocycles. The Bertz CT molecular complexity index is 1210. The van der Waals surface area contributed by atoms with Crippen molar-refractivity contribution in [2.24, 2.45) is 0 Å². The molecule has 0 heterocycles. The van der Waals surface area contributed by atoms with Gasteiger partial charge in [-0.3, -0.25) is 19.2 Å². The number of carbonyl (C=O) groups is 4. The van der Waals surface area contributed by atoms with Gasteiger partial charge in [0.1, 0.15) is 0 Å². The van der Waals surface area contributed by atoms with Gasteiger partial charge >= 0.3 is 11.9 Å². The molecule has 4 rings (SSSR count). The number of carbonyl (C=O) groups excluding carboxylic acids is 4. The lowest BCUT2D eigenvalue weighted by atomic mass is 9.83. The Balaban J connectivity index is 1.88. The molecule has 38 heavy (non-hydrogen) atoms. The van der Waals surface area contributed by atoms with Crippen molar-refractivity contribution in [2.45, 2.75) is 90.3 Å².